The molecule has 0 bridgehead atoms. The SMILES string of the molecule is Cc1c(C(=O)NNC(=O)C(=O)NC2CC2)oc2ccc(Cl)cc12. The van der Waals surface area contributed by atoms with Crippen molar-refractivity contribution >= 4 is 40.3 Å². The lowest BCUT2D eigenvalue weighted by Gasteiger charge is -2.06. The van der Waals surface area contributed by atoms with E-state index in [1.807, 2.05) is 0 Å². The number of furan rings is 1. The molecule has 1 saturated carbocycles. The zero-order chi connectivity index (χ0) is 16.6. The quantitative estimate of drug-likeness (QED) is 0.571. The van der Waals surface area contributed by atoms with Crippen LogP contribution >= 0.6 is 11.6 Å². The number of amides is 3. The zero-order valence-corrected chi connectivity index (χ0v) is 13.0. The third-order valence-corrected chi connectivity index (χ3v) is 3.75. The van der Waals surface area contributed by atoms with E-state index in [4.69, 9.17) is 16.0 Å². The number of carbonyl (C=O) groups excluding carboxylic acids is 3. The molecule has 0 saturated heterocycles. The number of hydrazine groups is 1. The van der Waals surface area contributed by atoms with Crippen LogP contribution in [0.4, 0.5) is 0 Å². The van der Waals surface area contributed by atoms with Crippen LogP contribution in [-0.4, -0.2) is 23.8 Å². The first-order chi connectivity index (χ1) is 11.0. The highest BCUT2D eigenvalue weighted by molar-refractivity contribution is 6.35. The standard InChI is InChI=1S/C15H14ClN3O4/c1-7-10-6-8(16)2-5-11(10)23-12(7)13(20)18-19-15(22)14(21)17-9-3-4-9/h2,5-6,9H,3-4H2,1H3,(H,17,21)(H,18,20)(H,19,22). The average Bonchev–Trinajstić information content (AvgIpc) is 3.28. The van der Waals surface area contributed by atoms with Gasteiger partial charge in [0, 0.05) is 22.0 Å². The number of aryl methyl sites for hydroxylation is 1. The first-order valence-corrected chi connectivity index (χ1v) is 7.43. The van der Waals surface area contributed by atoms with Crippen molar-refractivity contribution in [1.29, 1.82) is 0 Å². The zero-order valence-electron chi connectivity index (χ0n) is 12.2. The second kappa shape index (κ2) is 5.92. The van der Waals surface area contributed by atoms with Crippen LogP contribution in [0.3, 0.4) is 0 Å². The Hall–Kier alpha value is -2.54. The number of benzene rings is 1. The number of halogens is 1. The fourth-order valence-corrected chi connectivity index (χ4v) is 2.29. The van der Waals surface area contributed by atoms with Gasteiger partial charge in [0.15, 0.2) is 5.76 Å². The Morgan fingerprint density at radius 1 is 1.17 bits per heavy atom. The maximum absolute atomic E-state index is 12.1. The Morgan fingerprint density at radius 2 is 1.91 bits per heavy atom. The van der Waals surface area contributed by atoms with Gasteiger partial charge in [0.05, 0.1) is 0 Å². The monoisotopic (exact) mass is 335 g/mol. The number of nitrogens with one attached hydrogen (secondary N) is 3. The van der Waals surface area contributed by atoms with Crippen LogP contribution in [0.2, 0.25) is 5.02 Å². The smallest absolute Gasteiger partial charge is 0.327 e. The van der Waals surface area contributed by atoms with E-state index >= 15 is 0 Å². The van der Waals surface area contributed by atoms with E-state index in [0.717, 1.165) is 12.8 Å². The molecule has 3 rings (SSSR count). The van der Waals surface area contributed by atoms with Crippen LogP contribution in [0.25, 0.3) is 11.0 Å². The number of carbonyl (C=O) groups is 3. The van der Waals surface area contributed by atoms with Gasteiger partial charge in [-0.25, -0.2) is 0 Å². The molecule has 120 valence electrons. The second-order valence-corrected chi connectivity index (χ2v) is 5.79. The summed E-state index contributed by atoms with van der Waals surface area (Å²) in [4.78, 5) is 35.1. The summed E-state index contributed by atoms with van der Waals surface area (Å²) in [5.74, 6) is -2.31. The third-order valence-electron chi connectivity index (χ3n) is 3.51. The fraction of sp³-hybridized carbons (Fsp3) is 0.267. The highest BCUT2D eigenvalue weighted by Crippen LogP contribution is 2.27. The Labute approximate surface area is 136 Å². The van der Waals surface area contributed by atoms with Crippen LogP contribution in [0, 0.1) is 6.92 Å². The molecule has 3 N–H and O–H groups in total. The van der Waals surface area contributed by atoms with Gasteiger partial charge in [0.2, 0.25) is 0 Å². The van der Waals surface area contributed by atoms with Crippen LogP contribution in [-0.2, 0) is 9.59 Å². The largest absolute Gasteiger partial charge is 0.451 e. The van der Waals surface area contributed by atoms with Crippen LogP contribution < -0.4 is 16.2 Å². The van der Waals surface area contributed by atoms with Crippen LogP contribution in [0.5, 0.6) is 0 Å². The summed E-state index contributed by atoms with van der Waals surface area (Å²) in [6.07, 6.45) is 1.73. The van der Waals surface area contributed by atoms with Gasteiger partial charge in [-0.3, -0.25) is 25.2 Å². The van der Waals surface area contributed by atoms with Gasteiger partial charge < -0.3 is 9.73 Å². The molecule has 0 atom stereocenters. The summed E-state index contributed by atoms with van der Waals surface area (Å²) < 4.78 is 5.46. The lowest BCUT2D eigenvalue weighted by molar-refractivity contribution is -0.139. The van der Waals surface area contributed by atoms with E-state index in [1.54, 1.807) is 25.1 Å². The molecule has 0 unspecified atom stereocenters. The topological polar surface area (TPSA) is 100 Å². The maximum atomic E-state index is 12.1. The molecule has 1 fully saturated rings. The first-order valence-electron chi connectivity index (χ1n) is 7.05. The Balaban J connectivity index is 1.67. The van der Waals surface area contributed by atoms with Crippen molar-refractivity contribution < 1.29 is 18.8 Å². The number of hydrogen-bond acceptors (Lipinski definition) is 4. The van der Waals surface area contributed by atoms with E-state index in [0.29, 0.717) is 21.6 Å². The van der Waals surface area contributed by atoms with Crippen molar-refractivity contribution in [2.75, 3.05) is 0 Å². The summed E-state index contributed by atoms with van der Waals surface area (Å²) in [5.41, 5.74) is 5.33. The third kappa shape index (κ3) is 3.29. The van der Waals surface area contributed by atoms with Gasteiger partial charge >= 0.3 is 17.7 Å². The summed E-state index contributed by atoms with van der Waals surface area (Å²) >= 11 is 5.92. The lowest BCUT2D eigenvalue weighted by Crippen LogP contribution is -2.49. The van der Waals surface area contributed by atoms with Crippen LogP contribution in [0.15, 0.2) is 22.6 Å². The number of fused-ring (bicyclic) bond motifs is 1. The van der Waals surface area contributed by atoms with E-state index < -0.39 is 17.7 Å². The summed E-state index contributed by atoms with van der Waals surface area (Å²) in [6.45, 7) is 1.71. The number of hydrogen-bond donors (Lipinski definition) is 3. The highest BCUT2D eigenvalue weighted by atomic mass is 35.5. The number of rotatable bonds is 2. The minimum absolute atomic E-state index is 0.0465. The molecule has 1 heterocycles. The van der Waals surface area contributed by atoms with Gasteiger partial charge in [-0.05, 0) is 38.0 Å². The molecule has 23 heavy (non-hydrogen) atoms. The lowest BCUT2D eigenvalue weighted by atomic mass is 10.1. The molecule has 2 aromatic rings. The summed E-state index contributed by atoms with van der Waals surface area (Å²) in [6, 6.07) is 5.06. The van der Waals surface area contributed by atoms with Crippen molar-refractivity contribution in [2.45, 2.75) is 25.8 Å². The molecule has 1 aromatic carbocycles. The summed E-state index contributed by atoms with van der Waals surface area (Å²) in [7, 11) is 0. The van der Waals surface area contributed by atoms with Crippen molar-refractivity contribution in [3.63, 3.8) is 0 Å². The normalized spacial score (nSPS) is 13.7. The summed E-state index contributed by atoms with van der Waals surface area (Å²) in [5, 5.41) is 3.75. The first kappa shape index (κ1) is 15.4. The van der Waals surface area contributed by atoms with E-state index in [-0.39, 0.29) is 11.8 Å². The van der Waals surface area contributed by atoms with Gasteiger partial charge in [0.1, 0.15) is 5.58 Å². The van der Waals surface area contributed by atoms with E-state index in [1.165, 1.54) is 0 Å². The van der Waals surface area contributed by atoms with Gasteiger partial charge in [-0.2, -0.15) is 0 Å². The van der Waals surface area contributed by atoms with Crippen molar-refractivity contribution in [1.82, 2.24) is 16.2 Å². The fourth-order valence-electron chi connectivity index (χ4n) is 2.12. The molecule has 3 amide bonds. The molecule has 7 nitrogen and oxygen atoms in total. The molecule has 0 aliphatic heterocycles. The molecule has 0 spiro atoms. The maximum Gasteiger partial charge on any atom is 0.327 e. The Bertz CT molecular complexity index is 810. The van der Waals surface area contributed by atoms with E-state index in [2.05, 4.69) is 16.2 Å². The molecule has 0 radical (unpaired) electrons. The Morgan fingerprint density at radius 3 is 2.61 bits per heavy atom. The molecule has 1 aliphatic rings. The van der Waals surface area contributed by atoms with Gasteiger partial charge in [0.25, 0.3) is 0 Å². The average molecular weight is 336 g/mol. The van der Waals surface area contributed by atoms with E-state index in [9.17, 15) is 14.4 Å². The van der Waals surface area contributed by atoms with Crippen LogP contribution in [0.1, 0.15) is 29.0 Å². The van der Waals surface area contributed by atoms with Gasteiger partial charge in [-0.15, -0.1) is 0 Å². The molecule has 1 aromatic heterocycles. The minimum Gasteiger partial charge on any atom is -0.451 e. The predicted octanol–water partition coefficient (Wildman–Crippen LogP) is 1.43. The minimum atomic E-state index is -0.929. The molecular formula is C15H14ClN3O4. The molecule has 8 heteroatoms. The molecule has 1 aliphatic carbocycles. The van der Waals surface area contributed by atoms with Crippen molar-refractivity contribution in [3.05, 3.63) is 34.5 Å². The van der Waals surface area contributed by atoms with Gasteiger partial charge in [-0.1, -0.05) is 11.6 Å². The van der Waals surface area contributed by atoms with Crippen molar-refractivity contribution in [2.24, 2.45) is 0 Å². The Kier molecular flexibility index (Phi) is 3.96. The second-order valence-electron chi connectivity index (χ2n) is 5.35. The van der Waals surface area contributed by atoms with Crippen molar-refractivity contribution in [3.8, 4) is 0 Å². The highest BCUT2D eigenvalue weighted by Gasteiger charge is 2.27. The molecular weight excluding hydrogens is 322 g/mol. The predicted molar refractivity (Wildman–Crippen MR) is 82.7 cm³/mol.